The van der Waals surface area contributed by atoms with Crippen LogP contribution in [0.25, 0.3) is 0 Å². The molecule has 0 amide bonds. The lowest BCUT2D eigenvalue weighted by molar-refractivity contribution is -0.0532. The van der Waals surface area contributed by atoms with Crippen LogP contribution < -0.4 is 0 Å². The van der Waals surface area contributed by atoms with Crippen LogP contribution in [0.4, 0.5) is 0 Å². The van der Waals surface area contributed by atoms with E-state index in [1.807, 2.05) is 12.1 Å². The van der Waals surface area contributed by atoms with Crippen LogP contribution in [0, 0.1) is 0 Å². The van der Waals surface area contributed by atoms with E-state index in [1.54, 1.807) is 0 Å². The number of aliphatic hydroxyl groups is 1. The van der Waals surface area contributed by atoms with Crippen molar-refractivity contribution < 1.29 is 9.84 Å². The molecule has 0 spiro atoms. The first-order valence-electron chi connectivity index (χ1n) is 8.62. The highest BCUT2D eigenvalue weighted by Gasteiger charge is 2.32. The molecule has 0 heterocycles. The van der Waals surface area contributed by atoms with E-state index in [0.717, 1.165) is 25.0 Å². The van der Waals surface area contributed by atoms with Crippen molar-refractivity contribution in [2.75, 3.05) is 6.61 Å². The Balaban J connectivity index is 1.75. The molecule has 0 radical (unpaired) electrons. The van der Waals surface area contributed by atoms with Gasteiger partial charge in [0.15, 0.2) is 0 Å². The Morgan fingerprint density at radius 1 is 1.05 bits per heavy atom. The minimum Gasteiger partial charge on any atom is -0.386 e. The third-order valence-corrected chi connectivity index (χ3v) is 4.61. The van der Waals surface area contributed by atoms with Gasteiger partial charge in [-0.1, -0.05) is 70.2 Å². The molecule has 0 aromatic heterocycles. The lowest BCUT2D eigenvalue weighted by atomic mass is 9.80. The number of aliphatic hydroxyl groups excluding tert-OH is 1. The van der Waals surface area contributed by atoms with Crippen LogP contribution >= 0.6 is 0 Å². The van der Waals surface area contributed by atoms with Gasteiger partial charge in [0.25, 0.3) is 0 Å². The predicted octanol–water partition coefficient (Wildman–Crippen LogP) is 4.97. The summed E-state index contributed by atoms with van der Waals surface area (Å²) in [5.41, 5.74) is 2.34. The van der Waals surface area contributed by atoms with E-state index in [4.69, 9.17) is 4.74 Å². The first kappa shape index (κ1) is 16.5. The molecule has 21 heavy (non-hydrogen) atoms. The number of hydrogen-bond acceptors (Lipinski definition) is 2. The highest BCUT2D eigenvalue weighted by Crippen LogP contribution is 2.38. The minimum absolute atomic E-state index is 0.0365. The molecular weight excluding hydrogens is 260 g/mol. The summed E-state index contributed by atoms with van der Waals surface area (Å²) in [5, 5.41) is 10.5. The number of ether oxygens (including phenoxy) is 1. The van der Waals surface area contributed by atoms with Gasteiger partial charge in [-0.2, -0.15) is 0 Å². The van der Waals surface area contributed by atoms with Gasteiger partial charge in [-0.25, -0.2) is 0 Å². The Hall–Kier alpha value is -0.860. The predicted molar refractivity (Wildman–Crippen MR) is 87.5 cm³/mol. The molecule has 3 unspecified atom stereocenters. The second-order valence-corrected chi connectivity index (χ2v) is 6.39. The normalized spacial score (nSPS) is 24.8. The highest BCUT2D eigenvalue weighted by atomic mass is 16.5. The zero-order chi connectivity index (χ0) is 15.1. The zero-order valence-corrected chi connectivity index (χ0v) is 13.6. The Morgan fingerprint density at radius 3 is 2.48 bits per heavy atom. The number of hydrogen-bond donors (Lipinski definition) is 1. The molecule has 1 aromatic rings. The topological polar surface area (TPSA) is 29.5 Å². The van der Waals surface area contributed by atoms with E-state index in [1.165, 1.54) is 37.7 Å². The van der Waals surface area contributed by atoms with Crippen LogP contribution in [0.1, 0.15) is 81.9 Å². The van der Waals surface area contributed by atoms with Crippen molar-refractivity contribution in [3.05, 3.63) is 35.4 Å². The van der Waals surface area contributed by atoms with Crippen molar-refractivity contribution in [3.63, 3.8) is 0 Å². The molecule has 0 fully saturated rings. The van der Waals surface area contributed by atoms with Crippen molar-refractivity contribution in [2.24, 2.45) is 0 Å². The van der Waals surface area contributed by atoms with E-state index in [-0.39, 0.29) is 6.10 Å². The van der Waals surface area contributed by atoms with Crippen LogP contribution in [-0.4, -0.2) is 17.8 Å². The molecular formula is C19H30O2. The zero-order valence-electron chi connectivity index (χ0n) is 13.6. The van der Waals surface area contributed by atoms with Gasteiger partial charge in [-0.15, -0.1) is 0 Å². The fraction of sp³-hybridized carbons (Fsp3) is 0.684. The molecule has 1 aliphatic carbocycles. The molecule has 0 saturated heterocycles. The maximum atomic E-state index is 10.5. The van der Waals surface area contributed by atoms with Gasteiger partial charge >= 0.3 is 0 Å². The number of unbranched alkanes of at least 4 members (excludes halogenated alkanes) is 5. The van der Waals surface area contributed by atoms with Crippen molar-refractivity contribution >= 4 is 0 Å². The summed E-state index contributed by atoms with van der Waals surface area (Å²) in [6.45, 7) is 5.25. The van der Waals surface area contributed by atoms with Gasteiger partial charge < -0.3 is 9.84 Å². The maximum Gasteiger partial charge on any atom is 0.105 e. The van der Waals surface area contributed by atoms with Gasteiger partial charge in [0.2, 0.25) is 0 Å². The summed E-state index contributed by atoms with van der Waals surface area (Å²) in [6, 6.07) is 8.23. The van der Waals surface area contributed by atoms with E-state index in [2.05, 4.69) is 26.0 Å². The lowest BCUT2D eigenvalue weighted by Gasteiger charge is -2.34. The Morgan fingerprint density at radius 2 is 1.71 bits per heavy atom. The summed E-state index contributed by atoms with van der Waals surface area (Å²) in [6.07, 6.45) is 8.07. The monoisotopic (exact) mass is 290 g/mol. The summed E-state index contributed by atoms with van der Waals surface area (Å²) in [4.78, 5) is 0. The summed E-state index contributed by atoms with van der Waals surface area (Å²) in [7, 11) is 0. The largest absolute Gasteiger partial charge is 0.386 e. The summed E-state index contributed by atoms with van der Waals surface area (Å²) in [5.74, 6) is 0.471. The molecule has 0 aliphatic heterocycles. The molecule has 0 saturated carbocycles. The summed E-state index contributed by atoms with van der Waals surface area (Å²) >= 11 is 0. The summed E-state index contributed by atoms with van der Waals surface area (Å²) < 4.78 is 5.98. The third-order valence-electron chi connectivity index (χ3n) is 4.61. The maximum absolute atomic E-state index is 10.5. The SMILES string of the molecule is CCCCCCCCOC1CC(C)c2ccccc2C1O. The van der Waals surface area contributed by atoms with E-state index in [9.17, 15) is 5.11 Å². The molecule has 2 nitrogen and oxygen atoms in total. The average Bonchev–Trinajstić information content (AvgIpc) is 2.51. The van der Waals surface area contributed by atoms with Crippen LogP contribution in [-0.2, 0) is 4.74 Å². The second-order valence-electron chi connectivity index (χ2n) is 6.39. The second kappa shape index (κ2) is 8.55. The number of benzene rings is 1. The Bertz CT molecular complexity index is 416. The average molecular weight is 290 g/mol. The minimum atomic E-state index is -0.461. The fourth-order valence-electron chi connectivity index (χ4n) is 3.31. The van der Waals surface area contributed by atoms with Gasteiger partial charge in [-0.3, -0.25) is 0 Å². The lowest BCUT2D eigenvalue weighted by Crippen LogP contribution is -2.30. The molecule has 3 atom stereocenters. The third kappa shape index (κ3) is 4.55. The fourth-order valence-corrected chi connectivity index (χ4v) is 3.31. The van der Waals surface area contributed by atoms with Crippen molar-refractivity contribution in [3.8, 4) is 0 Å². The van der Waals surface area contributed by atoms with Gasteiger partial charge in [0, 0.05) is 6.61 Å². The van der Waals surface area contributed by atoms with E-state index in [0.29, 0.717) is 5.92 Å². The first-order valence-corrected chi connectivity index (χ1v) is 8.62. The molecule has 2 rings (SSSR count). The molecule has 1 aliphatic rings. The molecule has 1 aromatic carbocycles. The van der Waals surface area contributed by atoms with Gasteiger partial charge in [0.1, 0.15) is 6.10 Å². The Kier molecular flexibility index (Phi) is 6.72. The van der Waals surface area contributed by atoms with Gasteiger partial charge in [-0.05, 0) is 29.9 Å². The molecule has 1 N–H and O–H groups in total. The first-order chi connectivity index (χ1) is 10.2. The number of fused-ring (bicyclic) bond motifs is 1. The smallest absolute Gasteiger partial charge is 0.105 e. The van der Waals surface area contributed by atoms with E-state index >= 15 is 0 Å². The van der Waals surface area contributed by atoms with Gasteiger partial charge in [0.05, 0.1) is 6.10 Å². The standard InChI is InChI=1S/C19H30O2/c1-3-4-5-6-7-10-13-21-18-14-15(2)16-11-8-9-12-17(16)19(18)20/h8-9,11-12,15,18-20H,3-7,10,13-14H2,1-2H3. The van der Waals surface area contributed by atoms with Crippen molar-refractivity contribution in [1.82, 2.24) is 0 Å². The quantitative estimate of drug-likeness (QED) is 0.685. The highest BCUT2D eigenvalue weighted by molar-refractivity contribution is 5.35. The van der Waals surface area contributed by atoms with E-state index < -0.39 is 6.10 Å². The van der Waals surface area contributed by atoms with Crippen molar-refractivity contribution in [2.45, 2.75) is 76.9 Å². The van der Waals surface area contributed by atoms with Crippen LogP contribution in [0.2, 0.25) is 0 Å². The van der Waals surface area contributed by atoms with Crippen molar-refractivity contribution in [1.29, 1.82) is 0 Å². The van der Waals surface area contributed by atoms with Crippen LogP contribution in [0.15, 0.2) is 24.3 Å². The Labute approximate surface area is 129 Å². The van der Waals surface area contributed by atoms with Crippen LogP contribution in [0.3, 0.4) is 0 Å². The molecule has 2 heteroatoms. The number of rotatable bonds is 8. The molecule has 0 bridgehead atoms. The molecule has 118 valence electrons. The van der Waals surface area contributed by atoms with Crippen LogP contribution in [0.5, 0.6) is 0 Å².